The molecule has 0 radical (unpaired) electrons. The average molecular weight is 206 g/mol. The van der Waals surface area contributed by atoms with E-state index in [0.717, 1.165) is 5.56 Å². The third kappa shape index (κ3) is 3.97. The molecule has 0 spiro atoms. The number of anilines is 1. The lowest BCUT2D eigenvalue weighted by atomic mass is 10.3. The van der Waals surface area contributed by atoms with Crippen LogP contribution in [0.1, 0.15) is 12.5 Å². The van der Waals surface area contributed by atoms with Gasteiger partial charge in [-0.25, -0.2) is 0 Å². The van der Waals surface area contributed by atoms with Crippen molar-refractivity contribution in [3.63, 3.8) is 0 Å². The summed E-state index contributed by atoms with van der Waals surface area (Å²) in [6.07, 6.45) is 3.21. The van der Waals surface area contributed by atoms with E-state index in [0.29, 0.717) is 11.4 Å². The summed E-state index contributed by atoms with van der Waals surface area (Å²) < 4.78 is 0. The summed E-state index contributed by atoms with van der Waals surface area (Å²) in [6.45, 7) is 1.52. The van der Waals surface area contributed by atoms with Crippen LogP contribution < -0.4 is 5.73 Å². The molecule has 0 saturated carbocycles. The molecule has 4 heteroatoms. The molecule has 0 aliphatic carbocycles. The molecule has 0 bridgehead atoms. The van der Waals surface area contributed by atoms with Crippen molar-refractivity contribution in [2.75, 3.05) is 11.5 Å². The van der Waals surface area contributed by atoms with E-state index in [1.54, 1.807) is 18.5 Å². The number of hydrogen-bond acceptors (Lipinski definition) is 4. The molecule has 1 rings (SSSR count). The van der Waals surface area contributed by atoms with Crippen LogP contribution in [0, 0.1) is 11.8 Å². The number of nitrogens with zero attached hydrogens (tertiary/aromatic N) is 1. The molecule has 1 aromatic rings. The fraction of sp³-hybridized carbons (Fsp3) is 0.200. The second kappa shape index (κ2) is 5.30. The summed E-state index contributed by atoms with van der Waals surface area (Å²) in [4.78, 5) is 14.5. The first kappa shape index (κ1) is 10.6. The lowest BCUT2D eigenvalue weighted by molar-refractivity contribution is -0.109. The highest BCUT2D eigenvalue weighted by Gasteiger charge is 1.90. The minimum atomic E-state index is 0.0741. The Labute approximate surface area is 87.1 Å². The lowest BCUT2D eigenvalue weighted by Gasteiger charge is -1.91. The first-order valence-electron chi connectivity index (χ1n) is 4.01. The van der Waals surface area contributed by atoms with Gasteiger partial charge in [0.1, 0.15) is 0 Å². The van der Waals surface area contributed by atoms with Crippen molar-refractivity contribution >= 4 is 22.6 Å². The van der Waals surface area contributed by atoms with Gasteiger partial charge in [-0.15, -0.1) is 0 Å². The van der Waals surface area contributed by atoms with E-state index in [9.17, 15) is 4.79 Å². The van der Waals surface area contributed by atoms with E-state index in [4.69, 9.17) is 5.73 Å². The summed E-state index contributed by atoms with van der Waals surface area (Å²) in [6, 6.07) is 1.75. The van der Waals surface area contributed by atoms with E-state index in [1.807, 2.05) is 0 Å². The summed E-state index contributed by atoms with van der Waals surface area (Å²) in [7, 11) is 0. The maximum absolute atomic E-state index is 10.6. The highest BCUT2D eigenvalue weighted by atomic mass is 32.2. The van der Waals surface area contributed by atoms with Gasteiger partial charge in [-0.05, 0) is 6.07 Å². The summed E-state index contributed by atoms with van der Waals surface area (Å²) >= 11 is 1.19. The number of rotatable bonds is 1. The number of nitrogen functional groups attached to an aromatic ring is 1. The van der Waals surface area contributed by atoms with Crippen LogP contribution in [0.5, 0.6) is 0 Å². The molecule has 0 atom stereocenters. The third-order valence-corrected chi connectivity index (χ3v) is 2.03. The van der Waals surface area contributed by atoms with E-state index in [-0.39, 0.29) is 5.12 Å². The average Bonchev–Trinajstić information content (AvgIpc) is 2.12. The van der Waals surface area contributed by atoms with Gasteiger partial charge in [0.05, 0.1) is 11.4 Å². The fourth-order valence-electron chi connectivity index (χ4n) is 0.802. The normalized spacial score (nSPS) is 8.93. The van der Waals surface area contributed by atoms with Crippen molar-refractivity contribution in [3.05, 3.63) is 24.0 Å². The molecule has 0 aromatic carbocycles. The zero-order valence-electron chi connectivity index (χ0n) is 7.78. The molecule has 0 fully saturated rings. The topological polar surface area (TPSA) is 56.0 Å². The number of thioether (sulfide) groups is 1. The van der Waals surface area contributed by atoms with Gasteiger partial charge in [0.15, 0.2) is 5.12 Å². The molecular formula is C10H10N2OS. The number of hydrogen-bond donors (Lipinski definition) is 1. The Kier molecular flexibility index (Phi) is 4.02. The van der Waals surface area contributed by atoms with Crippen molar-refractivity contribution in [2.45, 2.75) is 6.92 Å². The summed E-state index contributed by atoms with van der Waals surface area (Å²) in [5.74, 6) is 6.24. The number of carbonyl (C=O) groups is 1. The zero-order chi connectivity index (χ0) is 10.4. The molecule has 0 amide bonds. The lowest BCUT2D eigenvalue weighted by Crippen LogP contribution is -1.87. The van der Waals surface area contributed by atoms with Gasteiger partial charge < -0.3 is 5.73 Å². The van der Waals surface area contributed by atoms with Crippen molar-refractivity contribution in [1.29, 1.82) is 0 Å². The van der Waals surface area contributed by atoms with Crippen LogP contribution in [0.2, 0.25) is 0 Å². The number of nitrogens with two attached hydrogens (primary N) is 1. The van der Waals surface area contributed by atoms with Crippen LogP contribution in [-0.2, 0) is 4.79 Å². The molecule has 0 saturated heterocycles. The first-order valence-corrected chi connectivity index (χ1v) is 5.00. The molecule has 0 aliphatic heterocycles. The van der Waals surface area contributed by atoms with Crippen molar-refractivity contribution in [2.24, 2.45) is 0 Å². The molecule has 3 nitrogen and oxygen atoms in total. The second-order valence-electron chi connectivity index (χ2n) is 2.59. The Hall–Kier alpha value is -1.47. The zero-order valence-corrected chi connectivity index (χ0v) is 8.60. The summed E-state index contributed by atoms with van der Waals surface area (Å²) in [5, 5.41) is 0.0741. The van der Waals surface area contributed by atoms with Crippen LogP contribution in [-0.4, -0.2) is 15.9 Å². The number of aromatic nitrogens is 1. The Balaban J connectivity index is 2.55. The molecule has 0 unspecified atom stereocenters. The largest absolute Gasteiger partial charge is 0.397 e. The minimum Gasteiger partial charge on any atom is -0.397 e. The third-order valence-electron chi connectivity index (χ3n) is 1.34. The van der Waals surface area contributed by atoms with Gasteiger partial charge in [-0.2, -0.15) is 0 Å². The predicted molar refractivity (Wildman–Crippen MR) is 58.7 cm³/mol. The van der Waals surface area contributed by atoms with Crippen molar-refractivity contribution in [1.82, 2.24) is 4.98 Å². The van der Waals surface area contributed by atoms with Crippen LogP contribution in [0.4, 0.5) is 5.69 Å². The molecule has 0 aliphatic rings. The van der Waals surface area contributed by atoms with Gasteiger partial charge in [0, 0.05) is 24.9 Å². The van der Waals surface area contributed by atoms with E-state index in [1.165, 1.54) is 18.7 Å². The van der Waals surface area contributed by atoms with Crippen molar-refractivity contribution in [3.8, 4) is 11.8 Å². The monoisotopic (exact) mass is 206 g/mol. The maximum atomic E-state index is 10.6. The van der Waals surface area contributed by atoms with Gasteiger partial charge in [-0.1, -0.05) is 23.6 Å². The quantitative estimate of drug-likeness (QED) is 0.703. The van der Waals surface area contributed by atoms with Crippen LogP contribution in [0.15, 0.2) is 18.5 Å². The molecule has 2 N–H and O–H groups in total. The van der Waals surface area contributed by atoms with Gasteiger partial charge in [0.25, 0.3) is 0 Å². The minimum absolute atomic E-state index is 0.0741. The highest BCUT2D eigenvalue weighted by molar-refractivity contribution is 8.13. The van der Waals surface area contributed by atoms with Gasteiger partial charge in [0.2, 0.25) is 0 Å². The Morgan fingerprint density at radius 3 is 3.07 bits per heavy atom. The molecule has 14 heavy (non-hydrogen) atoms. The van der Waals surface area contributed by atoms with Crippen LogP contribution in [0.3, 0.4) is 0 Å². The van der Waals surface area contributed by atoms with E-state index >= 15 is 0 Å². The number of pyridine rings is 1. The Morgan fingerprint density at radius 2 is 2.43 bits per heavy atom. The van der Waals surface area contributed by atoms with E-state index < -0.39 is 0 Å². The second-order valence-corrected chi connectivity index (χ2v) is 3.74. The predicted octanol–water partition coefficient (Wildman–Crippen LogP) is 1.29. The molecule has 1 heterocycles. The smallest absolute Gasteiger partial charge is 0.186 e. The fourth-order valence-corrected chi connectivity index (χ4v) is 1.15. The molecular weight excluding hydrogens is 196 g/mol. The highest BCUT2D eigenvalue weighted by Crippen LogP contribution is 2.02. The first-order chi connectivity index (χ1) is 6.68. The molecule has 72 valence electrons. The van der Waals surface area contributed by atoms with Gasteiger partial charge in [-0.3, -0.25) is 9.78 Å². The Morgan fingerprint density at radius 1 is 1.64 bits per heavy atom. The molecule has 1 aromatic heterocycles. The SMILES string of the molecule is CC(=O)SCC#Cc1cncc(N)c1. The maximum Gasteiger partial charge on any atom is 0.186 e. The van der Waals surface area contributed by atoms with E-state index in [2.05, 4.69) is 16.8 Å². The summed E-state index contributed by atoms with van der Waals surface area (Å²) in [5.41, 5.74) is 6.89. The standard InChI is InChI=1S/C10H10N2OS/c1-8(13)14-4-2-3-9-5-10(11)7-12-6-9/h5-7H,4,11H2,1H3. The van der Waals surface area contributed by atoms with Crippen LogP contribution in [0.25, 0.3) is 0 Å². The van der Waals surface area contributed by atoms with Crippen LogP contribution >= 0.6 is 11.8 Å². The Bertz CT molecular complexity index is 393. The van der Waals surface area contributed by atoms with Gasteiger partial charge >= 0.3 is 0 Å². The van der Waals surface area contributed by atoms with Crippen molar-refractivity contribution < 1.29 is 4.79 Å². The number of carbonyl (C=O) groups excluding carboxylic acids is 1.